The fourth-order valence-electron chi connectivity index (χ4n) is 2.80. The maximum Gasteiger partial charge on any atom is 0.298 e. The number of hydrogen-bond donors (Lipinski definition) is 1. The number of halogens is 2. The highest BCUT2D eigenvalue weighted by atomic mass is 35.5. The number of nitrogens with zero attached hydrogens (tertiary/aromatic N) is 1. The Morgan fingerprint density at radius 2 is 1.76 bits per heavy atom. The van der Waals surface area contributed by atoms with E-state index in [2.05, 4.69) is 5.32 Å². The monoisotopic (exact) mass is 416 g/mol. The quantitative estimate of drug-likeness (QED) is 0.463. The van der Waals surface area contributed by atoms with Crippen molar-refractivity contribution in [1.29, 1.82) is 0 Å². The molecule has 150 valence electrons. The van der Waals surface area contributed by atoms with Crippen molar-refractivity contribution in [2.75, 3.05) is 19.5 Å². The van der Waals surface area contributed by atoms with Crippen LogP contribution in [0.1, 0.15) is 16.1 Å². The Labute approximate surface area is 171 Å². The molecule has 1 aromatic heterocycles. The van der Waals surface area contributed by atoms with Gasteiger partial charge in [0.2, 0.25) is 0 Å². The van der Waals surface area contributed by atoms with Gasteiger partial charge in [-0.3, -0.25) is 9.59 Å². The molecule has 3 rings (SSSR count). The highest BCUT2D eigenvalue weighted by Crippen LogP contribution is 2.35. The topological polar surface area (TPSA) is 69.6 Å². The van der Waals surface area contributed by atoms with E-state index in [0.717, 1.165) is 5.56 Å². The zero-order valence-corrected chi connectivity index (χ0v) is 16.5. The van der Waals surface area contributed by atoms with Crippen LogP contribution in [0.2, 0.25) is 5.02 Å². The van der Waals surface area contributed by atoms with Crippen molar-refractivity contribution in [3.8, 4) is 11.5 Å². The van der Waals surface area contributed by atoms with Crippen LogP contribution in [-0.2, 0) is 11.3 Å². The second kappa shape index (κ2) is 8.79. The Morgan fingerprint density at radius 1 is 1.07 bits per heavy atom. The number of hydrogen-bond acceptors (Lipinski definition) is 4. The van der Waals surface area contributed by atoms with Crippen molar-refractivity contribution >= 4 is 29.0 Å². The van der Waals surface area contributed by atoms with Gasteiger partial charge in [-0.25, -0.2) is 4.39 Å². The Morgan fingerprint density at radius 3 is 2.41 bits per heavy atom. The molecule has 0 saturated carbocycles. The molecule has 6 nitrogen and oxygen atoms in total. The average Bonchev–Trinajstić information content (AvgIpc) is 3.17. The molecule has 0 fully saturated rings. The first-order chi connectivity index (χ1) is 13.9. The number of aromatic nitrogens is 1. The van der Waals surface area contributed by atoms with Gasteiger partial charge in [-0.05, 0) is 35.9 Å². The first kappa shape index (κ1) is 20.4. The van der Waals surface area contributed by atoms with Crippen LogP contribution >= 0.6 is 11.6 Å². The highest BCUT2D eigenvalue weighted by Gasteiger charge is 2.22. The van der Waals surface area contributed by atoms with E-state index in [4.69, 9.17) is 21.1 Å². The first-order valence-electron chi connectivity index (χ1n) is 8.59. The Bertz CT molecular complexity index is 1050. The van der Waals surface area contributed by atoms with E-state index >= 15 is 0 Å². The minimum absolute atomic E-state index is 0.199. The second-order valence-corrected chi connectivity index (χ2v) is 6.53. The van der Waals surface area contributed by atoms with Gasteiger partial charge in [0.05, 0.1) is 30.6 Å². The van der Waals surface area contributed by atoms with E-state index in [1.807, 2.05) is 0 Å². The molecule has 0 saturated heterocycles. The van der Waals surface area contributed by atoms with Crippen molar-refractivity contribution < 1.29 is 23.5 Å². The first-order valence-corrected chi connectivity index (χ1v) is 8.97. The van der Waals surface area contributed by atoms with Gasteiger partial charge in [0, 0.05) is 18.8 Å². The Balaban J connectivity index is 1.80. The van der Waals surface area contributed by atoms with Crippen molar-refractivity contribution in [2.45, 2.75) is 6.54 Å². The van der Waals surface area contributed by atoms with Crippen LogP contribution in [0.3, 0.4) is 0 Å². The fraction of sp³-hybridized carbons (Fsp3) is 0.143. The van der Waals surface area contributed by atoms with Crippen LogP contribution in [0.4, 0.5) is 10.1 Å². The molecule has 0 bridgehead atoms. The van der Waals surface area contributed by atoms with E-state index in [-0.39, 0.29) is 22.2 Å². The van der Waals surface area contributed by atoms with E-state index in [9.17, 15) is 14.0 Å². The van der Waals surface area contributed by atoms with Crippen LogP contribution in [0, 0.1) is 5.82 Å². The molecular formula is C21H18ClFN2O4. The molecule has 1 amide bonds. The summed E-state index contributed by atoms with van der Waals surface area (Å²) in [5, 5.41) is 2.78. The van der Waals surface area contributed by atoms with Gasteiger partial charge in [0.15, 0.2) is 0 Å². The van der Waals surface area contributed by atoms with Gasteiger partial charge in [-0.1, -0.05) is 23.7 Å². The molecule has 0 aliphatic rings. The zero-order chi connectivity index (χ0) is 21.0. The van der Waals surface area contributed by atoms with Crippen LogP contribution in [0.25, 0.3) is 0 Å². The number of amides is 1. The number of carbonyl (C=O) groups is 2. The smallest absolute Gasteiger partial charge is 0.298 e. The fourth-order valence-corrected chi connectivity index (χ4v) is 3.04. The number of benzene rings is 2. The summed E-state index contributed by atoms with van der Waals surface area (Å²) in [5.41, 5.74) is 1.24. The van der Waals surface area contributed by atoms with E-state index < -0.39 is 11.7 Å². The normalized spacial score (nSPS) is 10.5. The van der Waals surface area contributed by atoms with Crippen LogP contribution in [-0.4, -0.2) is 30.5 Å². The summed E-state index contributed by atoms with van der Waals surface area (Å²) in [5.74, 6) is -1.24. The largest absolute Gasteiger partial charge is 0.495 e. The molecule has 1 N–H and O–H groups in total. The minimum Gasteiger partial charge on any atom is -0.495 e. The molecule has 0 radical (unpaired) electrons. The maximum atomic E-state index is 13.1. The summed E-state index contributed by atoms with van der Waals surface area (Å²) < 4.78 is 25.0. The Kier molecular flexibility index (Phi) is 6.19. The maximum absolute atomic E-state index is 13.1. The molecule has 0 unspecified atom stereocenters. The van der Waals surface area contributed by atoms with Gasteiger partial charge in [-0.2, -0.15) is 0 Å². The van der Waals surface area contributed by atoms with Gasteiger partial charge in [0.1, 0.15) is 17.3 Å². The zero-order valence-electron chi connectivity index (χ0n) is 15.7. The summed E-state index contributed by atoms with van der Waals surface area (Å²) in [4.78, 5) is 25.2. The Hall–Kier alpha value is -3.32. The molecule has 2 aromatic carbocycles. The summed E-state index contributed by atoms with van der Waals surface area (Å²) in [6.07, 6.45) is 1.68. The third-order valence-corrected chi connectivity index (χ3v) is 4.55. The molecule has 1 heterocycles. The molecule has 0 spiro atoms. The number of nitrogens with one attached hydrogen (secondary N) is 1. The van der Waals surface area contributed by atoms with E-state index in [1.165, 1.54) is 38.5 Å². The highest BCUT2D eigenvalue weighted by molar-refractivity contribution is 6.46. The van der Waals surface area contributed by atoms with Crippen LogP contribution in [0.15, 0.2) is 54.7 Å². The second-order valence-electron chi connectivity index (χ2n) is 6.12. The summed E-state index contributed by atoms with van der Waals surface area (Å²) in [6.45, 7) is 0.319. The predicted molar refractivity (Wildman–Crippen MR) is 107 cm³/mol. The lowest BCUT2D eigenvalue weighted by atomic mass is 10.2. The van der Waals surface area contributed by atoms with E-state index in [1.54, 1.807) is 35.0 Å². The lowest BCUT2D eigenvalue weighted by molar-refractivity contribution is -0.112. The summed E-state index contributed by atoms with van der Waals surface area (Å²) in [6, 6.07) is 12.1. The number of anilines is 1. The summed E-state index contributed by atoms with van der Waals surface area (Å²) >= 11 is 6.10. The van der Waals surface area contributed by atoms with Crippen LogP contribution < -0.4 is 14.8 Å². The van der Waals surface area contributed by atoms with Gasteiger partial charge in [-0.15, -0.1) is 0 Å². The van der Waals surface area contributed by atoms with Crippen LogP contribution in [0.5, 0.6) is 11.5 Å². The molecule has 29 heavy (non-hydrogen) atoms. The third kappa shape index (κ3) is 4.57. The van der Waals surface area contributed by atoms with Crippen molar-refractivity contribution in [3.05, 3.63) is 76.8 Å². The predicted octanol–water partition coefficient (Wildman–Crippen LogP) is 4.17. The minimum atomic E-state index is -0.844. The lowest BCUT2D eigenvalue weighted by Crippen LogP contribution is -2.25. The number of carbonyl (C=O) groups excluding carboxylic acids is 2. The summed E-state index contributed by atoms with van der Waals surface area (Å²) in [7, 11) is 2.88. The van der Waals surface area contributed by atoms with Crippen molar-refractivity contribution in [2.24, 2.45) is 0 Å². The number of Topliss-reactive ketones (excluding diaryl/α,β-unsaturated/α-hetero) is 1. The van der Waals surface area contributed by atoms with E-state index in [0.29, 0.717) is 18.0 Å². The van der Waals surface area contributed by atoms with Gasteiger partial charge < -0.3 is 19.4 Å². The number of ether oxygens (including phenoxy) is 2. The molecular weight excluding hydrogens is 399 g/mol. The molecule has 0 aliphatic heterocycles. The molecule has 0 atom stereocenters. The standard InChI is InChI=1S/C21H18ClFN2O4/c1-28-18-11-19(29-2)16(10-15(18)22)24-21(27)20(26)17-4-3-9-25(17)12-13-5-7-14(23)8-6-13/h3-11H,12H2,1-2H3,(H,24,27). The van der Waals surface area contributed by atoms with Crippen molar-refractivity contribution in [3.63, 3.8) is 0 Å². The van der Waals surface area contributed by atoms with Gasteiger partial charge >= 0.3 is 0 Å². The number of rotatable bonds is 7. The number of methoxy groups -OCH3 is 2. The SMILES string of the molecule is COc1cc(OC)c(NC(=O)C(=O)c2cccn2Cc2ccc(F)cc2)cc1Cl. The average molecular weight is 417 g/mol. The molecule has 8 heteroatoms. The molecule has 3 aromatic rings. The lowest BCUT2D eigenvalue weighted by Gasteiger charge is -2.13. The molecule has 0 aliphatic carbocycles. The third-order valence-electron chi connectivity index (χ3n) is 4.26. The number of ketones is 1. The van der Waals surface area contributed by atoms with Crippen molar-refractivity contribution in [1.82, 2.24) is 4.57 Å². The van der Waals surface area contributed by atoms with Gasteiger partial charge in [0.25, 0.3) is 11.7 Å².